The molecule has 0 atom stereocenters. The fraction of sp³-hybridized carbons (Fsp3) is 0.444. The van der Waals surface area contributed by atoms with Gasteiger partial charge in [0.25, 0.3) is 0 Å². The van der Waals surface area contributed by atoms with E-state index in [0.29, 0.717) is 12.2 Å². The van der Waals surface area contributed by atoms with E-state index in [2.05, 4.69) is 21.4 Å². The zero-order valence-corrected chi connectivity index (χ0v) is 8.12. The Morgan fingerprint density at radius 1 is 1.57 bits per heavy atom. The molecule has 0 aromatic carbocycles. The van der Waals surface area contributed by atoms with Crippen molar-refractivity contribution in [1.29, 1.82) is 5.26 Å². The van der Waals surface area contributed by atoms with Crippen LogP contribution in [-0.4, -0.2) is 16.5 Å². The van der Waals surface area contributed by atoms with E-state index in [1.807, 2.05) is 13.0 Å². The fourth-order valence-electron chi connectivity index (χ4n) is 1.07. The summed E-state index contributed by atoms with van der Waals surface area (Å²) in [6, 6.07) is 3.90. The molecular weight excluding hydrogens is 178 g/mol. The van der Waals surface area contributed by atoms with Crippen molar-refractivity contribution >= 4 is 11.8 Å². The third-order valence-corrected chi connectivity index (χ3v) is 1.64. The number of hydrogen-bond donors (Lipinski definition) is 2. The summed E-state index contributed by atoms with van der Waals surface area (Å²) in [6.45, 7) is 2.59. The second kappa shape index (κ2) is 5.02. The minimum absolute atomic E-state index is 0.271. The van der Waals surface area contributed by atoms with Crippen molar-refractivity contribution in [3.05, 3.63) is 11.8 Å². The molecule has 0 bridgehead atoms. The van der Waals surface area contributed by atoms with Gasteiger partial charge in [0.1, 0.15) is 5.82 Å². The summed E-state index contributed by atoms with van der Waals surface area (Å²) in [6.07, 6.45) is 1.35. The molecule has 3 N–H and O–H groups in total. The molecule has 5 heteroatoms. The van der Waals surface area contributed by atoms with Gasteiger partial charge in [0, 0.05) is 24.7 Å². The maximum Gasteiger partial charge on any atom is 0.222 e. The Morgan fingerprint density at radius 2 is 2.36 bits per heavy atom. The lowest BCUT2D eigenvalue weighted by atomic mass is 10.3. The highest BCUT2D eigenvalue weighted by molar-refractivity contribution is 5.39. The summed E-state index contributed by atoms with van der Waals surface area (Å²) in [5, 5.41) is 11.4. The number of nitrogens with one attached hydrogen (secondary N) is 1. The molecule has 1 aromatic heterocycles. The third kappa shape index (κ3) is 3.27. The van der Waals surface area contributed by atoms with E-state index < -0.39 is 0 Å². The van der Waals surface area contributed by atoms with Gasteiger partial charge < -0.3 is 11.1 Å². The summed E-state index contributed by atoms with van der Waals surface area (Å²) in [5.74, 6) is 0.987. The van der Waals surface area contributed by atoms with Crippen LogP contribution in [0.4, 0.5) is 11.8 Å². The molecule has 0 fully saturated rings. The van der Waals surface area contributed by atoms with E-state index in [4.69, 9.17) is 11.0 Å². The van der Waals surface area contributed by atoms with Crippen LogP contribution in [0, 0.1) is 18.3 Å². The number of nitrogens with two attached hydrogens (primary N) is 1. The number of anilines is 2. The molecule has 0 saturated carbocycles. The van der Waals surface area contributed by atoms with Crippen LogP contribution in [-0.2, 0) is 0 Å². The first-order chi connectivity index (χ1) is 6.72. The number of aryl methyl sites for hydroxylation is 1. The van der Waals surface area contributed by atoms with Gasteiger partial charge in [-0.3, -0.25) is 0 Å². The average Bonchev–Trinajstić information content (AvgIpc) is 2.11. The van der Waals surface area contributed by atoms with E-state index in [1.165, 1.54) is 0 Å². The monoisotopic (exact) mass is 191 g/mol. The van der Waals surface area contributed by atoms with Gasteiger partial charge in [0.05, 0.1) is 6.07 Å². The van der Waals surface area contributed by atoms with Crippen molar-refractivity contribution in [2.45, 2.75) is 19.8 Å². The van der Waals surface area contributed by atoms with Gasteiger partial charge in [-0.2, -0.15) is 10.2 Å². The smallest absolute Gasteiger partial charge is 0.222 e. The number of nitrogen functional groups attached to an aromatic ring is 1. The van der Waals surface area contributed by atoms with E-state index in [0.717, 1.165) is 18.7 Å². The Bertz CT molecular complexity index is 321. The first-order valence-corrected chi connectivity index (χ1v) is 4.44. The van der Waals surface area contributed by atoms with Crippen LogP contribution in [0.2, 0.25) is 0 Å². The molecule has 0 aliphatic carbocycles. The normalized spacial score (nSPS) is 9.43. The quantitative estimate of drug-likeness (QED) is 0.695. The van der Waals surface area contributed by atoms with Crippen molar-refractivity contribution in [3.8, 4) is 6.07 Å². The third-order valence-electron chi connectivity index (χ3n) is 1.64. The molecule has 0 unspecified atom stereocenters. The summed E-state index contributed by atoms with van der Waals surface area (Å²) in [5.41, 5.74) is 6.31. The molecule has 0 saturated heterocycles. The minimum atomic E-state index is 0.271. The molecule has 1 aromatic rings. The van der Waals surface area contributed by atoms with Crippen LogP contribution in [0.25, 0.3) is 0 Å². The highest BCUT2D eigenvalue weighted by Gasteiger charge is 1.97. The van der Waals surface area contributed by atoms with Gasteiger partial charge in [-0.05, 0) is 13.3 Å². The van der Waals surface area contributed by atoms with E-state index in [9.17, 15) is 0 Å². The van der Waals surface area contributed by atoms with Crippen LogP contribution in [0.3, 0.4) is 0 Å². The molecule has 14 heavy (non-hydrogen) atoms. The largest absolute Gasteiger partial charge is 0.370 e. The van der Waals surface area contributed by atoms with Crippen molar-refractivity contribution < 1.29 is 0 Å². The maximum absolute atomic E-state index is 8.33. The van der Waals surface area contributed by atoms with Gasteiger partial charge >= 0.3 is 0 Å². The second-order valence-electron chi connectivity index (χ2n) is 2.94. The van der Waals surface area contributed by atoms with Crippen molar-refractivity contribution in [2.24, 2.45) is 0 Å². The summed E-state index contributed by atoms with van der Waals surface area (Å²) in [4.78, 5) is 7.96. The highest BCUT2D eigenvalue weighted by Crippen LogP contribution is 2.06. The molecule has 1 heterocycles. The van der Waals surface area contributed by atoms with Crippen molar-refractivity contribution in [1.82, 2.24) is 9.97 Å². The number of rotatable bonds is 4. The van der Waals surface area contributed by atoms with Crippen LogP contribution in [0.5, 0.6) is 0 Å². The van der Waals surface area contributed by atoms with Gasteiger partial charge in [-0.25, -0.2) is 4.98 Å². The Hall–Kier alpha value is -1.83. The molecule has 74 valence electrons. The van der Waals surface area contributed by atoms with E-state index in [-0.39, 0.29) is 5.95 Å². The van der Waals surface area contributed by atoms with E-state index in [1.54, 1.807) is 0 Å². The van der Waals surface area contributed by atoms with Crippen LogP contribution < -0.4 is 11.1 Å². The Kier molecular flexibility index (Phi) is 3.68. The number of unbranched alkanes of at least 4 members (excludes halogenated alkanes) is 1. The van der Waals surface area contributed by atoms with Crippen molar-refractivity contribution in [2.75, 3.05) is 17.6 Å². The fourth-order valence-corrected chi connectivity index (χ4v) is 1.07. The molecule has 0 amide bonds. The molecule has 0 aliphatic heterocycles. The van der Waals surface area contributed by atoms with E-state index >= 15 is 0 Å². The Balaban J connectivity index is 2.47. The lowest BCUT2D eigenvalue weighted by Gasteiger charge is -2.05. The molecule has 0 radical (unpaired) electrons. The average molecular weight is 191 g/mol. The Morgan fingerprint density at radius 3 is 3.00 bits per heavy atom. The number of aromatic nitrogens is 2. The molecular formula is C9H13N5. The molecule has 0 aliphatic rings. The molecule has 5 nitrogen and oxygen atoms in total. The summed E-state index contributed by atoms with van der Waals surface area (Å²) in [7, 11) is 0. The predicted molar refractivity (Wildman–Crippen MR) is 54.5 cm³/mol. The van der Waals surface area contributed by atoms with Gasteiger partial charge in [0.2, 0.25) is 5.95 Å². The number of nitriles is 1. The Labute approximate surface area is 83.0 Å². The van der Waals surface area contributed by atoms with Crippen LogP contribution >= 0.6 is 0 Å². The standard InChI is InChI=1S/C9H13N5/c1-7-6-8(14-9(11)13-7)12-5-3-2-4-10/h6H,2-3,5H2,1H3,(H3,11,12,13,14). The van der Waals surface area contributed by atoms with Crippen LogP contribution in [0.1, 0.15) is 18.5 Å². The summed E-state index contributed by atoms with van der Waals surface area (Å²) < 4.78 is 0. The second-order valence-corrected chi connectivity index (χ2v) is 2.94. The zero-order chi connectivity index (χ0) is 10.4. The minimum Gasteiger partial charge on any atom is -0.370 e. The zero-order valence-electron chi connectivity index (χ0n) is 8.12. The first kappa shape index (κ1) is 10.3. The van der Waals surface area contributed by atoms with Gasteiger partial charge in [-0.15, -0.1) is 0 Å². The molecule has 1 rings (SSSR count). The van der Waals surface area contributed by atoms with Gasteiger partial charge in [0.15, 0.2) is 0 Å². The van der Waals surface area contributed by atoms with Crippen LogP contribution in [0.15, 0.2) is 6.07 Å². The first-order valence-electron chi connectivity index (χ1n) is 4.44. The van der Waals surface area contributed by atoms with Gasteiger partial charge in [-0.1, -0.05) is 0 Å². The summed E-state index contributed by atoms with van der Waals surface area (Å²) >= 11 is 0. The lowest BCUT2D eigenvalue weighted by Crippen LogP contribution is -2.06. The van der Waals surface area contributed by atoms with Crippen molar-refractivity contribution in [3.63, 3.8) is 0 Å². The highest BCUT2D eigenvalue weighted by atomic mass is 15.1. The maximum atomic E-state index is 8.33. The topological polar surface area (TPSA) is 87.6 Å². The molecule has 0 spiro atoms. The number of nitrogens with zero attached hydrogens (tertiary/aromatic N) is 3. The lowest BCUT2D eigenvalue weighted by molar-refractivity contribution is 0.890. The number of hydrogen-bond acceptors (Lipinski definition) is 5. The SMILES string of the molecule is Cc1cc(NCCCC#N)nc(N)n1. The predicted octanol–water partition coefficient (Wildman–Crippen LogP) is 1.08.